The summed E-state index contributed by atoms with van der Waals surface area (Å²) in [5.74, 6) is 0. The van der Waals surface area contributed by atoms with Crippen LogP contribution in [-0.4, -0.2) is 13.1 Å². The maximum atomic E-state index is 5.06. The minimum absolute atomic E-state index is 0. The Hall–Kier alpha value is -0.160. The molecule has 10 N–H and O–H groups in total. The van der Waals surface area contributed by atoms with Crippen molar-refractivity contribution in [2.24, 2.45) is 11.5 Å². The molecule has 0 rings (SSSR count). The lowest BCUT2D eigenvalue weighted by atomic mass is 10.4. The van der Waals surface area contributed by atoms with Crippen molar-refractivity contribution in [2.75, 3.05) is 13.1 Å². The second-order valence-electron chi connectivity index (χ2n) is 0.931. The molecule has 0 aliphatic carbocycles. The standard InChI is InChI=1S/C3H10N2.2H3N/c4-2-1-3-5;;/h1-5H2;2*1H3. The Morgan fingerprint density at radius 1 is 0.857 bits per heavy atom. The van der Waals surface area contributed by atoms with Crippen molar-refractivity contribution < 1.29 is 0 Å². The second-order valence-corrected chi connectivity index (χ2v) is 0.931. The first-order valence-corrected chi connectivity index (χ1v) is 1.82. The van der Waals surface area contributed by atoms with E-state index in [9.17, 15) is 0 Å². The van der Waals surface area contributed by atoms with Crippen LogP contribution in [0.15, 0.2) is 0 Å². The normalized spacial score (nSPS) is 6.00. The first-order valence-electron chi connectivity index (χ1n) is 1.82. The van der Waals surface area contributed by atoms with Gasteiger partial charge in [0.05, 0.1) is 0 Å². The minimum Gasteiger partial charge on any atom is -0.344 e. The van der Waals surface area contributed by atoms with E-state index in [1.54, 1.807) is 0 Å². The van der Waals surface area contributed by atoms with E-state index < -0.39 is 0 Å². The van der Waals surface area contributed by atoms with Crippen LogP contribution in [0.25, 0.3) is 0 Å². The molecule has 0 heterocycles. The molecule has 0 aromatic rings. The molecule has 0 unspecified atom stereocenters. The SMILES string of the molecule is N.N.NCCCN. The van der Waals surface area contributed by atoms with E-state index >= 15 is 0 Å². The van der Waals surface area contributed by atoms with Gasteiger partial charge in [-0.25, -0.2) is 0 Å². The molecule has 0 saturated heterocycles. The summed E-state index contributed by atoms with van der Waals surface area (Å²) in [6.45, 7) is 1.44. The summed E-state index contributed by atoms with van der Waals surface area (Å²) >= 11 is 0. The summed E-state index contributed by atoms with van der Waals surface area (Å²) in [4.78, 5) is 0. The zero-order chi connectivity index (χ0) is 4.12. The Balaban J connectivity index is -0.0000000800. The maximum Gasteiger partial charge on any atom is -0.00653 e. The van der Waals surface area contributed by atoms with Gasteiger partial charge in [0, 0.05) is 0 Å². The van der Waals surface area contributed by atoms with Crippen molar-refractivity contribution in [3.05, 3.63) is 0 Å². The third-order valence-electron chi connectivity index (χ3n) is 0.408. The van der Waals surface area contributed by atoms with Crippen LogP contribution in [0.4, 0.5) is 0 Å². The molecule has 0 aliphatic rings. The summed E-state index contributed by atoms with van der Waals surface area (Å²) in [6.07, 6.45) is 0.944. The third kappa shape index (κ3) is 25.4. The van der Waals surface area contributed by atoms with Gasteiger partial charge in [-0.3, -0.25) is 0 Å². The first-order chi connectivity index (χ1) is 2.41. The highest BCUT2D eigenvalue weighted by molar-refractivity contribution is 4.33. The molecule has 0 atom stereocenters. The van der Waals surface area contributed by atoms with Crippen LogP contribution in [0.5, 0.6) is 0 Å². The lowest BCUT2D eigenvalue weighted by Gasteiger charge is -1.81. The van der Waals surface area contributed by atoms with Gasteiger partial charge < -0.3 is 23.8 Å². The van der Waals surface area contributed by atoms with Crippen LogP contribution >= 0.6 is 0 Å². The fourth-order valence-corrected chi connectivity index (χ4v) is 0.118. The molecule has 7 heavy (non-hydrogen) atoms. The predicted molar refractivity (Wildman–Crippen MR) is 32.8 cm³/mol. The third-order valence-corrected chi connectivity index (χ3v) is 0.408. The molecule has 4 nitrogen and oxygen atoms in total. The number of hydrogen-bond acceptors (Lipinski definition) is 4. The van der Waals surface area contributed by atoms with Crippen LogP contribution in [0.2, 0.25) is 0 Å². The van der Waals surface area contributed by atoms with Crippen molar-refractivity contribution in [1.82, 2.24) is 12.3 Å². The van der Waals surface area contributed by atoms with E-state index in [4.69, 9.17) is 11.5 Å². The smallest absolute Gasteiger partial charge is 0.00653 e. The van der Waals surface area contributed by atoms with E-state index in [0.29, 0.717) is 0 Å². The summed E-state index contributed by atoms with van der Waals surface area (Å²) in [5, 5.41) is 0. The van der Waals surface area contributed by atoms with Crippen LogP contribution in [0, 0.1) is 0 Å². The zero-order valence-corrected chi connectivity index (χ0v) is 4.69. The Morgan fingerprint density at radius 2 is 1.14 bits per heavy atom. The van der Waals surface area contributed by atoms with E-state index in [-0.39, 0.29) is 12.3 Å². The van der Waals surface area contributed by atoms with Gasteiger partial charge in [0.2, 0.25) is 0 Å². The highest BCUT2D eigenvalue weighted by atomic mass is 14.6. The molecule has 0 saturated carbocycles. The zero-order valence-electron chi connectivity index (χ0n) is 4.69. The number of nitrogens with two attached hydrogens (primary N) is 2. The van der Waals surface area contributed by atoms with Gasteiger partial charge in [-0.15, -0.1) is 0 Å². The lowest BCUT2D eigenvalue weighted by molar-refractivity contribution is 0.844. The van der Waals surface area contributed by atoms with Gasteiger partial charge in [-0.1, -0.05) is 0 Å². The average molecular weight is 108 g/mol. The molecule has 0 spiro atoms. The molecular formula is C3H16N4. The topological polar surface area (TPSA) is 122 Å². The van der Waals surface area contributed by atoms with Crippen molar-refractivity contribution in [2.45, 2.75) is 6.42 Å². The van der Waals surface area contributed by atoms with Crippen molar-refractivity contribution in [3.63, 3.8) is 0 Å². The Bertz CT molecular complexity index is 14.4. The Morgan fingerprint density at radius 3 is 1.14 bits per heavy atom. The molecule has 0 aliphatic heterocycles. The van der Waals surface area contributed by atoms with Gasteiger partial charge in [0.1, 0.15) is 0 Å². The molecular weight excluding hydrogens is 92.1 g/mol. The van der Waals surface area contributed by atoms with Crippen LogP contribution < -0.4 is 23.8 Å². The summed E-state index contributed by atoms with van der Waals surface area (Å²) in [6, 6.07) is 0. The van der Waals surface area contributed by atoms with E-state index in [0.717, 1.165) is 19.5 Å². The van der Waals surface area contributed by atoms with Crippen molar-refractivity contribution >= 4 is 0 Å². The number of rotatable bonds is 2. The van der Waals surface area contributed by atoms with Crippen molar-refractivity contribution in [1.29, 1.82) is 0 Å². The fraction of sp³-hybridized carbons (Fsp3) is 1.00. The Kier molecular flexibility index (Phi) is 38.3. The molecule has 0 bridgehead atoms. The molecule has 0 radical (unpaired) electrons. The molecule has 0 aromatic heterocycles. The van der Waals surface area contributed by atoms with Crippen LogP contribution in [0.1, 0.15) is 6.42 Å². The molecule has 0 amide bonds. The summed E-state index contributed by atoms with van der Waals surface area (Å²) in [5.41, 5.74) is 10.1. The lowest BCUT2D eigenvalue weighted by Crippen LogP contribution is -2.06. The molecule has 0 aromatic carbocycles. The summed E-state index contributed by atoms with van der Waals surface area (Å²) < 4.78 is 0. The molecule has 4 heteroatoms. The Labute approximate surface area is 44.4 Å². The summed E-state index contributed by atoms with van der Waals surface area (Å²) in [7, 11) is 0. The fourth-order valence-electron chi connectivity index (χ4n) is 0.118. The van der Waals surface area contributed by atoms with E-state index in [2.05, 4.69) is 0 Å². The van der Waals surface area contributed by atoms with Crippen LogP contribution in [-0.2, 0) is 0 Å². The van der Waals surface area contributed by atoms with Gasteiger partial charge in [0.25, 0.3) is 0 Å². The highest BCUT2D eigenvalue weighted by Gasteiger charge is 1.67. The van der Waals surface area contributed by atoms with E-state index in [1.165, 1.54) is 0 Å². The van der Waals surface area contributed by atoms with Gasteiger partial charge in [0.15, 0.2) is 0 Å². The quantitative estimate of drug-likeness (QED) is 0.385. The van der Waals surface area contributed by atoms with Crippen molar-refractivity contribution in [3.8, 4) is 0 Å². The van der Waals surface area contributed by atoms with Gasteiger partial charge in [-0.05, 0) is 19.5 Å². The first kappa shape index (κ1) is 15.8. The van der Waals surface area contributed by atoms with Crippen LogP contribution in [0.3, 0.4) is 0 Å². The van der Waals surface area contributed by atoms with E-state index in [1.807, 2.05) is 0 Å². The van der Waals surface area contributed by atoms with Gasteiger partial charge >= 0.3 is 0 Å². The second kappa shape index (κ2) is 17.0. The average Bonchev–Trinajstić information content (AvgIpc) is 1.41. The monoisotopic (exact) mass is 108 g/mol. The largest absolute Gasteiger partial charge is 0.344 e. The number of hydrogen-bond donors (Lipinski definition) is 4. The molecule has 48 valence electrons. The molecule has 0 fully saturated rings. The predicted octanol–water partition coefficient (Wildman–Crippen LogP) is -0.382. The highest BCUT2D eigenvalue weighted by Crippen LogP contribution is 1.58. The maximum absolute atomic E-state index is 5.06. The minimum atomic E-state index is 0. The van der Waals surface area contributed by atoms with Gasteiger partial charge in [-0.2, -0.15) is 0 Å².